The van der Waals surface area contributed by atoms with Gasteiger partial charge in [-0.1, -0.05) is 80.4 Å². The van der Waals surface area contributed by atoms with Crippen LogP contribution in [-0.4, -0.2) is 159 Å². The van der Waals surface area contributed by atoms with E-state index < -0.39 is 35.5 Å². The molecule has 7 atom stereocenters. The highest BCUT2D eigenvalue weighted by atomic mass is 35.5. The molecule has 0 aliphatic carbocycles. The molecule has 5 aliphatic heterocycles. The number of hydrogen-bond donors (Lipinski definition) is 5. The molecule has 500 valence electrons. The number of amides is 9. The standard InChI is InChI=1S/C71H91Cl2N9O11/c1-6-50(80-33-13-20-63(80)86)39-55(45(5)56(40-51(7-2)81-34-14-21-64(81)87)69(91)77-42-76-67(89)49(35-43(3)78-31-11-18-61(78)84)36-44(4)79-32-12-19-62(79)85)68(90)75-29-9-8-17-60(83)48-24-22-46(23-25-48)41-82-70(92)53-16-10-15-52-59(27-26-54(65(52)53)71(82)93)74-30-28-47-37-57(72)66(88)58(73)38-47/h10,15-16,22-27,37-38,43-45,49-51,55-56,74,88H,6-9,11-14,17-21,28-36,39-42H2,1-5H3,(H,75,90)(H,76,89)(H,77,91). The Morgan fingerprint density at radius 3 is 1.59 bits per heavy atom. The van der Waals surface area contributed by atoms with Crippen LogP contribution in [0.5, 0.6) is 5.75 Å². The van der Waals surface area contributed by atoms with Crippen molar-refractivity contribution in [1.29, 1.82) is 0 Å². The van der Waals surface area contributed by atoms with Crippen LogP contribution in [-0.2, 0) is 46.5 Å². The van der Waals surface area contributed by atoms with E-state index in [2.05, 4.69) is 21.3 Å². The normalized spacial score (nSPS) is 18.5. The molecule has 4 fully saturated rings. The Bertz CT molecular complexity index is 3380. The Hall–Kier alpha value is -7.58. The van der Waals surface area contributed by atoms with Gasteiger partial charge in [0.05, 0.1) is 23.3 Å². The number of aromatic hydroxyl groups is 1. The molecule has 0 aromatic heterocycles. The molecule has 4 aromatic carbocycles. The molecule has 7 unspecified atom stereocenters. The largest absolute Gasteiger partial charge is 0.505 e. The number of nitrogens with one attached hydrogen (secondary N) is 4. The molecule has 9 amide bonds. The van der Waals surface area contributed by atoms with Crippen LogP contribution in [0.4, 0.5) is 5.69 Å². The van der Waals surface area contributed by atoms with Crippen molar-refractivity contribution in [2.45, 2.75) is 181 Å². The molecule has 0 radical (unpaired) electrons. The van der Waals surface area contributed by atoms with Gasteiger partial charge in [-0.3, -0.25) is 52.8 Å². The van der Waals surface area contributed by atoms with Gasteiger partial charge in [-0.25, -0.2) is 0 Å². The number of carbonyl (C=O) groups is 10. The first-order valence-corrected chi connectivity index (χ1v) is 34.4. The van der Waals surface area contributed by atoms with Crippen molar-refractivity contribution >= 4 is 98.6 Å². The highest BCUT2D eigenvalue weighted by molar-refractivity contribution is 6.37. The maximum Gasteiger partial charge on any atom is 0.261 e. The van der Waals surface area contributed by atoms with Crippen molar-refractivity contribution in [2.24, 2.45) is 23.7 Å². The zero-order chi connectivity index (χ0) is 66.6. The molecule has 0 spiro atoms. The van der Waals surface area contributed by atoms with E-state index in [4.69, 9.17) is 23.2 Å². The predicted molar refractivity (Wildman–Crippen MR) is 356 cm³/mol. The lowest BCUT2D eigenvalue weighted by Crippen LogP contribution is -2.50. The third kappa shape index (κ3) is 16.7. The molecule has 20 nitrogen and oxygen atoms in total. The van der Waals surface area contributed by atoms with E-state index in [1.54, 1.807) is 54.6 Å². The fourth-order valence-corrected chi connectivity index (χ4v) is 15.2. The Kier molecular flexibility index (Phi) is 24.0. The summed E-state index contributed by atoms with van der Waals surface area (Å²) in [6, 6.07) is 18.0. The van der Waals surface area contributed by atoms with E-state index in [1.165, 1.54) is 4.90 Å². The van der Waals surface area contributed by atoms with Crippen LogP contribution in [0, 0.1) is 23.7 Å². The van der Waals surface area contributed by atoms with E-state index in [1.807, 2.05) is 66.4 Å². The number of imide groups is 1. The first-order valence-electron chi connectivity index (χ1n) is 33.6. The van der Waals surface area contributed by atoms with Gasteiger partial charge in [0.25, 0.3) is 11.8 Å². The monoisotopic (exact) mass is 1320 g/mol. The molecule has 5 aliphatic rings. The Balaban J connectivity index is 0.821. The van der Waals surface area contributed by atoms with Gasteiger partial charge in [0, 0.05) is 146 Å². The molecule has 93 heavy (non-hydrogen) atoms. The number of phenols is 1. The van der Waals surface area contributed by atoms with E-state index >= 15 is 0 Å². The van der Waals surface area contributed by atoms with Crippen LogP contribution in [0.1, 0.15) is 186 Å². The molecule has 9 rings (SSSR count). The number of carbonyl (C=O) groups excluding carboxylic acids is 10. The summed E-state index contributed by atoms with van der Waals surface area (Å²) in [7, 11) is 0. The first-order chi connectivity index (χ1) is 44.7. The summed E-state index contributed by atoms with van der Waals surface area (Å²) in [5, 5.41) is 24.1. The number of benzene rings is 4. The van der Waals surface area contributed by atoms with Crippen molar-refractivity contribution in [1.82, 2.24) is 40.4 Å². The molecule has 4 saturated heterocycles. The fraction of sp³-hybridized carbons (Fsp3) is 0.549. The molecule has 0 saturated carbocycles. The van der Waals surface area contributed by atoms with Crippen LogP contribution < -0.4 is 21.3 Å². The van der Waals surface area contributed by atoms with Gasteiger partial charge in [0.1, 0.15) is 0 Å². The molecule has 5 N–H and O–H groups in total. The lowest BCUT2D eigenvalue weighted by atomic mass is 9.75. The number of rotatable bonds is 33. The minimum Gasteiger partial charge on any atom is -0.505 e. The Morgan fingerprint density at radius 2 is 1.08 bits per heavy atom. The number of Topliss-reactive ketones (excluding diaryl/α,β-unsaturated/α-hetero) is 1. The Morgan fingerprint density at radius 1 is 0.570 bits per heavy atom. The second-order valence-electron chi connectivity index (χ2n) is 26.1. The second-order valence-corrected chi connectivity index (χ2v) is 26.9. The third-order valence-corrected chi connectivity index (χ3v) is 20.6. The number of halogens is 2. The fourth-order valence-electron chi connectivity index (χ4n) is 14.7. The number of anilines is 1. The summed E-state index contributed by atoms with van der Waals surface area (Å²) in [6.45, 7) is 12.6. The van der Waals surface area contributed by atoms with E-state index in [9.17, 15) is 53.1 Å². The number of likely N-dealkylation sites (tertiary alicyclic amines) is 4. The van der Waals surface area contributed by atoms with E-state index in [-0.39, 0.29) is 120 Å². The van der Waals surface area contributed by atoms with Crippen molar-refractivity contribution in [2.75, 3.05) is 51.3 Å². The second kappa shape index (κ2) is 32.0. The predicted octanol–water partition coefficient (Wildman–Crippen LogP) is 9.83. The van der Waals surface area contributed by atoms with Gasteiger partial charge in [-0.05, 0) is 145 Å². The zero-order valence-electron chi connectivity index (χ0n) is 54.4. The first kappa shape index (κ1) is 69.8. The third-order valence-electron chi connectivity index (χ3n) is 20.0. The maximum atomic E-state index is 14.9. The quantitative estimate of drug-likeness (QED) is 0.0129. The number of unbranched alkanes of at least 4 members (excludes halogenated alkanes) is 1. The van der Waals surface area contributed by atoms with Crippen molar-refractivity contribution < 1.29 is 53.1 Å². The summed E-state index contributed by atoms with van der Waals surface area (Å²) in [6.07, 6.45) is 8.82. The lowest BCUT2D eigenvalue weighted by Gasteiger charge is -2.37. The molecule has 22 heteroatoms. The maximum absolute atomic E-state index is 14.9. The molecule has 5 heterocycles. The van der Waals surface area contributed by atoms with Crippen molar-refractivity contribution in [3.05, 3.63) is 105 Å². The molecule has 0 bridgehead atoms. The Labute approximate surface area is 555 Å². The van der Waals surface area contributed by atoms with Crippen molar-refractivity contribution in [3.8, 4) is 5.75 Å². The average Bonchev–Trinajstić information content (AvgIpc) is 1.32. The minimum atomic E-state index is -0.799. The number of nitrogens with zero attached hydrogens (tertiary/aromatic N) is 5. The zero-order valence-corrected chi connectivity index (χ0v) is 55.9. The molecular weight excluding hydrogens is 1230 g/mol. The molecule has 4 aromatic rings. The summed E-state index contributed by atoms with van der Waals surface area (Å²) >= 11 is 12.3. The number of phenolic OH excluding ortho intramolecular Hbond substituents is 1. The molecular formula is C71H91Cl2N9O11. The van der Waals surface area contributed by atoms with Gasteiger partial charge in [-0.15, -0.1) is 0 Å². The van der Waals surface area contributed by atoms with E-state index in [0.29, 0.717) is 150 Å². The van der Waals surface area contributed by atoms with Crippen LogP contribution in [0.15, 0.2) is 66.7 Å². The number of ketones is 1. The summed E-state index contributed by atoms with van der Waals surface area (Å²) in [4.78, 5) is 146. The average molecular weight is 1320 g/mol. The van der Waals surface area contributed by atoms with Crippen LogP contribution in [0.3, 0.4) is 0 Å². The van der Waals surface area contributed by atoms with Crippen LogP contribution in [0.25, 0.3) is 10.8 Å². The minimum absolute atomic E-state index is 0.0120. The highest BCUT2D eigenvalue weighted by Crippen LogP contribution is 2.38. The highest BCUT2D eigenvalue weighted by Gasteiger charge is 2.42. The van der Waals surface area contributed by atoms with E-state index in [0.717, 1.165) is 29.5 Å². The summed E-state index contributed by atoms with van der Waals surface area (Å²) in [5.41, 5.74) is 3.47. The van der Waals surface area contributed by atoms with Crippen molar-refractivity contribution in [3.63, 3.8) is 0 Å². The summed E-state index contributed by atoms with van der Waals surface area (Å²) < 4.78 is 0. The van der Waals surface area contributed by atoms with Gasteiger partial charge in [0.2, 0.25) is 41.4 Å². The van der Waals surface area contributed by atoms with Gasteiger partial charge in [-0.2, -0.15) is 0 Å². The van der Waals surface area contributed by atoms with Gasteiger partial charge >= 0.3 is 0 Å². The number of hydrogen-bond acceptors (Lipinski definition) is 12. The van der Waals surface area contributed by atoms with Crippen LogP contribution >= 0.6 is 23.2 Å². The van der Waals surface area contributed by atoms with Gasteiger partial charge in [0.15, 0.2) is 11.5 Å². The SMILES string of the molecule is CCC(CC(C(=O)NCCCCC(=O)c1ccc(CN2C(=O)c3cccc4c(NCCc5cc(Cl)c(O)c(Cl)c5)ccc(c34)C2=O)cc1)C(C)C(CC(CC)N1CCCC1=O)C(=O)NCNC(=O)C(CC(C)N1CCCC1=O)CC(C)N1CCCC1=O)N1CCCC1=O. The lowest BCUT2D eigenvalue weighted by molar-refractivity contribution is -0.137. The summed E-state index contributed by atoms with van der Waals surface area (Å²) in [5.74, 6) is -4.70. The van der Waals surface area contributed by atoms with Crippen LogP contribution in [0.2, 0.25) is 10.0 Å². The topological polar surface area (TPSA) is 255 Å². The smallest absolute Gasteiger partial charge is 0.261 e. The van der Waals surface area contributed by atoms with Gasteiger partial charge < -0.3 is 46.0 Å².